The molecule has 42 heavy (non-hydrogen) atoms. The van der Waals surface area contributed by atoms with Crippen LogP contribution in [-0.4, -0.2) is 58.7 Å². The minimum Gasteiger partial charge on any atom is -0.507 e. The number of aromatic nitrogens is 2. The summed E-state index contributed by atoms with van der Waals surface area (Å²) >= 11 is 0. The number of nitrogens with zero attached hydrogens (tertiary/aromatic N) is 2. The third kappa shape index (κ3) is 5.00. The lowest BCUT2D eigenvalue weighted by Crippen LogP contribution is -2.40. The predicted molar refractivity (Wildman–Crippen MR) is 159 cm³/mol. The SMILES string of the molecule is CCOc1cc(C2c3c(-c4cc(C)c(C)cc4O)n[nH]c3C(=O)N2C2CCS(=O)(=O)C2)ccc1OCc1ccccc1. The maximum Gasteiger partial charge on any atom is 0.273 e. The lowest BCUT2D eigenvalue weighted by molar-refractivity contribution is 0.0677. The number of aryl methyl sites for hydroxylation is 2. The summed E-state index contributed by atoms with van der Waals surface area (Å²) in [5.74, 6) is 0.741. The van der Waals surface area contributed by atoms with E-state index in [4.69, 9.17) is 9.47 Å². The molecule has 1 amide bonds. The third-order valence-corrected chi connectivity index (χ3v) is 9.84. The molecule has 0 bridgehead atoms. The van der Waals surface area contributed by atoms with E-state index in [1.165, 1.54) is 0 Å². The number of sulfone groups is 1. The van der Waals surface area contributed by atoms with Gasteiger partial charge in [-0.25, -0.2) is 8.42 Å². The first kappa shape index (κ1) is 27.8. The van der Waals surface area contributed by atoms with E-state index in [0.717, 1.165) is 22.3 Å². The zero-order chi connectivity index (χ0) is 29.6. The van der Waals surface area contributed by atoms with Crippen molar-refractivity contribution in [2.75, 3.05) is 18.1 Å². The second-order valence-corrected chi connectivity index (χ2v) is 13.1. The van der Waals surface area contributed by atoms with Crippen molar-refractivity contribution in [1.29, 1.82) is 0 Å². The lowest BCUT2D eigenvalue weighted by atomic mass is 9.93. The highest BCUT2D eigenvalue weighted by atomic mass is 32.2. The molecule has 1 aromatic heterocycles. The van der Waals surface area contributed by atoms with Gasteiger partial charge in [0.05, 0.1) is 24.2 Å². The van der Waals surface area contributed by atoms with Gasteiger partial charge in [0.15, 0.2) is 21.3 Å². The first-order chi connectivity index (χ1) is 20.2. The number of phenols is 1. The molecule has 2 atom stereocenters. The van der Waals surface area contributed by atoms with Crippen molar-refractivity contribution in [3.05, 3.63) is 94.2 Å². The zero-order valence-corrected chi connectivity index (χ0v) is 24.6. The van der Waals surface area contributed by atoms with Crippen molar-refractivity contribution < 1.29 is 27.8 Å². The Morgan fingerprint density at radius 1 is 1.02 bits per heavy atom. The van der Waals surface area contributed by atoms with Gasteiger partial charge in [-0.15, -0.1) is 0 Å². The molecule has 218 valence electrons. The molecule has 10 heteroatoms. The molecule has 3 aromatic carbocycles. The van der Waals surface area contributed by atoms with Gasteiger partial charge in [-0.1, -0.05) is 36.4 Å². The first-order valence-electron chi connectivity index (χ1n) is 14.0. The third-order valence-electron chi connectivity index (χ3n) is 8.09. The van der Waals surface area contributed by atoms with E-state index in [2.05, 4.69) is 10.2 Å². The molecule has 9 nitrogen and oxygen atoms in total. The Balaban J connectivity index is 1.46. The minimum atomic E-state index is -3.27. The molecule has 3 heterocycles. The van der Waals surface area contributed by atoms with Gasteiger partial charge >= 0.3 is 0 Å². The molecule has 0 spiro atoms. The molecule has 6 rings (SSSR count). The Labute approximate surface area is 245 Å². The Morgan fingerprint density at radius 2 is 1.79 bits per heavy atom. The molecular formula is C32H33N3O6S. The Morgan fingerprint density at radius 3 is 2.50 bits per heavy atom. The van der Waals surface area contributed by atoms with Gasteiger partial charge in [-0.3, -0.25) is 9.89 Å². The van der Waals surface area contributed by atoms with Crippen LogP contribution in [0.2, 0.25) is 0 Å². The summed E-state index contributed by atoms with van der Waals surface area (Å²) in [7, 11) is -3.27. The van der Waals surface area contributed by atoms with Gasteiger partial charge in [0.1, 0.15) is 23.7 Å². The largest absolute Gasteiger partial charge is 0.507 e. The molecule has 2 aliphatic rings. The van der Waals surface area contributed by atoms with E-state index in [0.29, 0.717) is 53.6 Å². The number of aromatic amines is 1. The summed E-state index contributed by atoms with van der Waals surface area (Å²) in [5.41, 5.74) is 5.49. The summed E-state index contributed by atoms with van der Waals surface area (Å²) in [6.07, 6.45) is 0.350. The normalized spacial score (nSPS) is 19.2. The fraction of sp³-hybridized carbons (Fsp3) is 0.312. The molecule has 1 fully saturated rings. The number of aromatic hydroxyl groups is 1. The molecule has 0 aliphatic carbocycles. The van der Waals surface area contributed by atoms with Gasteiger partial charge in [0.25, 0.3) is 5.91 Å². The number of carbonyl (C=O) groups excluding carboxylic acids is 1. The highest BCUT2D eigenvalue weighted by Gasteiger charge is 2.48. The number of fused-ring (bicyclic) bond motifs is 1. The van der Waals surface area contributed by atoms with Gasteiger partial charge in [-0.05, 0) is 73.7 Å². The molecule has 2 unspecified atom stereocenters. The van der Waals surface area contributed by atoms with E-state index in [1.54, 1.807) is 11.0 Å². The Hall–Kier alpha value is -4.31. The van der Waals surface area contributed by atoms with Crippen LogP contribution >= 0.6 is 0 Å². The van der Waals surface area contributed by atoms with Crippen molar-refractivity contribution in [3.8, 4) is 28.5 Å². The molecule has 4 aromatic rings. The molecule has 2 N–H and O–H groups in total. The lowest BCUT2D eigenvalue weighted by Gasteiger charge is -2.31. The number of phenolic OH excluding ortho intramolecular Hbond substituents is 1. The number of hydrogen-bond donors (Lipinski definition) is 2. The summed E-state index contributed by atoms with van der Waals surface area (Å²) in [6.45, 7) is 6.51. The van der Waals surface area contributed by atoms with Gasteiger partial charge in [0, 0.05) is 17.2 Å². The van der Waals surface area contributed by atoms with E-state index < -0.39 is 21.9 Å². The number of benzene rings is 3. The van der Waals surface area contributed by atoms with Gasteiger partial charge in [0.2, 0.25) is 0 Å². The number of H-pyrrole nitrogens is 1. The van der Waals surface area contributed by atoms with Crippen molar-refractivity contribution in [2.24, 2.45) is 0 Å². The maximum absolute atomic E-state index is 13.9. The predicted octanol–water partition coefficient (Wildman–Crippen LogP) is 5.11. The number of hydrogen-bond acceptors (Lipinski definition) is 7. The fourth-order valence-electron chi connectivity index (χ4n) is 5.88. The highest BCUT2D eigenvalue weighted by Crippen LogP contribution is 2.48. The van der Waals surface area contributed by atoms with Crippen LogP contribution in [0.3, 0.4) is 0 Å². The second-order valence-electron chi connectivity index (χ2n) is 10.9. The van der Waals surface area contributed by atoms with Crippen LogP contribution in [0.1, 0.15) is 57.7 Å². The zero-order valence-electron chi connectivity index (χ0n) is 23.8. The Bertz CT molecular complexity index is 1770. The average molecular weight is 588 g/mol. The van der Waals surface area contributed by atoms with E-state index >= 15 is 0 Å². The summed E-state index contributed by atoms with van der Waals surface area (Å²) in [4.78, 5) is 15.6. The average Bonchev–Trinajstić information content (AvgIpc) is 3.63. The summed E-state index contributed by atoms with van der Waals surface area (Å²) < 4.78 is 37.1. The first-order valence-corrected chi connectivity index (χ1v) is 15.8. The van der Waals surface area contributed by atoms with Crippen molar-refractivity contribution in [1.82, 2.24) is 15.1 Å². The number of nitrogens with one attached hydrogen (secondary N) is 1. The van der Waals surface area contributed by atoms with Gasteiger partial charge in [-0.2, -0.15) is 5.10 Å². The van der Waals surface area contributed by atoms with Crippen LogP contribution < -0.4 is 9.47 Å². The smallest absolute Gasteiger partial charge is 0.273 e. The van der Waals surface area contributed by atoms with E-state index in [9.17, 15) is 18.3 Å². The minimum absolute atomic E-state index is 0.0294. The van der Waals surface area contributed by atoms with Crippen LogP contribution in [0, 0.1) is 13.8 Å². The monoisotopic (exact) mass is 587 g/mol. The number of ether oxygens (including phenoxy) is 2. The van der Waals surface area contributed by atoms with Crippen LogP contribution in [0.5, 0.6) is 17.2 Å². The summed E-state index contributed by atoms with van der Waals surface area (Å²) in [6, 6.07) is 17.8. The topological polar surface area (TPSA) is 122 Å². The number of amides is 1. The quantitative estimate of drug-likeness (QED) is 0.294. The maximum atomic E-state index is 13.9. The molecule has 2 aliphatic heterocycles. The highest BCUT2D eigenvalue weighted by molar-refractivity contribution is 7.91. The second kappa shape index (κ2) is 10.8. The fourth-order valence-corrected chi connectivity index (χ4v) is 7.59. The standard InChI is InChI=1S/C32H33N3O6S/c1-4-40-27-16-22(10-11-26(27)41-17-21-8-6-5-7-9-21)31-28-29(24-14-19(2)20(3)15-25(24)36)33-34-30(28)32(37)35(31)23-12-13-42(38,39)18-23/h5-11,14-16,23,31,36H,4,12-13,17-18H2,1-3H3,(H,33,34). The van der Waals surface area contributed by atoms with Crippen molar-refractivity contribution in [2.45, 2.75) is 45.9 Å². The summed E-state index contributed by atoms with van der Waals surface area (Å²) in [5, 5.41) is 18.3. The number of carbonyl (C=O) groups is 1. The molecular weight excluding hydrogens is 554 g/mol. The van der Waals surface area contributed by atoms with Crippen molar-refractivity contribution >= 4 is 15.7 Å². The van der Waals surface area contributed by atoms with Crippen LogP contribution in [-0.2, 0) is 16.4 Å². The molecule has 0 saturated carbocycles. The van der Waals surface area contributed by atoms with Gasteiger partial charge < -0.3 is 19.5 Å². The van der Waals surface area contributed by atoms with Crippen molar-refractivity contribution in [3.63, 3.8) is 0 Å². The molecule has 1 saturated heterocycles. The number of rotatable bonds is 8. The van der Waals surface area contributed by atoms with Crippen LogP contribution in [0.15, 0.2) is 60.7 Å². The Kier molecular flexibility index (Phi) is 7.18. The molecule has 0 radical (unpaired) electrons. The van der Waals surface area contributed by atoms with E-state index in [1.807, 2.05) is 75.4 Å². The van der Waals surface area contributed by atoms with E-state index in [-0.39, 0.29) is 23.2 Å². The van der Waals surface area contributed by atoms with Crippen LogP contribution in [0.4, 0.5) is 0 Å². The van der Waals surface area contributed by atoms with Crippen LogP contribution in [0.25, 0.3) is 11.3 Å².